The molecule has 0 fully saturated rings. The van der Waals surface area contributed by atoms with Crippen LogP contribution in [0.2, 0.25) is 5.02 Å². The highest BCUT2D eigenvalue weighted by Gasteiger charge is 2.05. The van der Waals surface area contributed by atoms with Crippen LogP contribution in [0.4, 0.5) is 0 Å². The fraction of sp³-hybridized carbons (Fsp3) is 0. The molecular weight excluding hydrogens is 176 g/mol. The van der Waals surface area contributed by atoms with E-state index in [-0.39, 0.29) is 6.37 Å². The summed E-state index contributed by atoms with van der Waals surface area (Å²) in [5.41, 5.74) is 0.673. The maximum atomic E-state index is 7.05. The first-order chi connectivity index (χ1) is 6.27. The molecule has 0 amide bonds. The number of aromatic nitrogens is 2. The van der Waals surface area contributed by atoms with Gasteiger partial charge < -0.3 is 4.52 Å². The van der Waals surface area contributed by atoms with Gasteiger partial charge in [-0.3, -0.25) is 0 Å². The summed E-state index contributed by atoms with van der Waals surface area (Å²) in [7, 11) is 0. The minimum atomic E-state index is -0.213. The van der Waals surface area contributed by atoms with E-state index in [4.69, 9.17) is 13.0 Å². The Balaban J connectivity index is 2.52. The van der Waals surface area contributed by atoms with Gasteiger partial charge in [-0.2, -0.15) is 4.98 Å². The van der Waals surface area contributed by atoms with Crippen LogP contribution in [0.25, 0.3) is 11.4 Å². The molecule has 0 bridgehead atoms. The van der Waals surface area contributed by atoms with Gasteiger partial charge in [-0.15, -0.1) is 0 Å². The molecule has 0 N–H and O–H groups in total. The van der Waals surface area contributed by atoms with Crippen molar-refractivity contribution in [2.24, 2.45) is 0 Å². The third-order valence-electron chi connectivity index (χ3n) is 1.44. The van der Waals surface area contributed by atoms with Crippen LogP contribution in [-0.4, -0.2) is 10.1 Å². The summed E-state index contributed by atoms with van der Waals surface area (Å²) in [6.45, 7) is 0. The zero-order valence-electron chi connectivity index (χ0n) is 6.99. The molecule has 12 heavy (non-hydrogen) atoms. The third kappa shape index (κ3) is 1.19. The summed E-state index contributed by atoms with van der Waals surface area (Å²) in [4.78, 5) is 3.75. The highest BCUT2D eigenvalue weighted by molar-refractivity contribution is 6.33. The largest absolute Gasteiger partial charge is 0.342 e. The molecule has 1 heterocycles. The fourth-order valence-corrected chi connectivity index (χ4v) is 1.12. The highest BCUT2D eigenvalue weighted by atomic mass is 35.5. The molecular formula is C8H5ClN2O. The van der Waals surface area contributed by atoms with Crippen LogP contribution in [0.1, 0.15) is 1.37 Å². The second-order valence-corrected chi connectivity index (χ2v) is 2.60. The van der Waals surface area contributed by atoms with Gasteiger partial charge in [0.15, 0.2) is 0 Å². The molecule has 0 spiro atoms. The SMILES string of the molecule is [2H]c1nc(-c2ccccc2Cl)no1. The topological polar surface area (TPSA) is 38.9 Å². The van der Waals surface area contributed by atoms with Crippen molar-refractivity contribution in [3.8, 4) is 11.4 Å². The number of nitrogens with zero attached hydrogens (tertiary/aromatic N) is 2. The molecule has 0 radical (unpaired) electrons. The maximum Gasteiger partial charge on any atom is 0.214 e. The van der Waals surface area contributed by atoms with Crippen LogP contribution in [0.5, 0.6) is 0 Å². The van der Waals surface area contributed by atoms with E-state index in [1.807, 2.05) is 12.1 Å². The lowest BCUT2D eigenvalue weighted by atomic mass is 10.2. The Morgan fingerprint density at radius 2 is 2.25 bits per heavy atom. The Hall–Kier alpha value is -1.35. The molecule has 60 valence electrons. The normalized spacial score (nSPS) is 11.2. The first-order valence-corrected chi connectivity index (χ1v) is 3.70. The van der Waals surface area contributed by atoms with Crippen LogP contribution in [0.3, 0.4) is 0 Å². The van der Waals surface area contributed by atoms with E-state index in [2.05, 4.69) is 14.7 Å². The zero-order chi connectivity index (χ0) is 9.26. The highest BCUT2D eigenvalue weighted by Crippen LogP contribution is 2.23. The van der Waals surface area contributed by atoms with Crippen molar-refractivity contribution in [1.82, 2.24) is 10.1 Å². The van der Waals surface area contributed by atoms with Crippen molar-refractivity contribution in [3.63, 3.8) is 0 Å². The van der Waals surface area contributed by atoms with Gasteiger partial charge in [0.1, 0.15) is 1.37 Å². The summed E-state index contributed by atoms with van der Waals surface area (Å²) in [6, 6.07) is 7.14. The Kier molecular flexibility index (Phi) is 1.52. The molecule has 2 rings (SSSR count). The van der Waals surface area contributed by atoms with Crippen molar-refractivity contribution < 1.29 is 5.89 Å². The van der Waals surface area contributed by atoms with E-state index < -0.39 is 0 Å². The third-order valence-corrected chi connectivity index (χ3v) is 1.77. The second kappa shape index (κ2) is 2.95. The zero-order valence-corrected chi connectivity index (χ0v) is 6.75. The minimum Gasteiger partial charge on any atom is -0.342 e. The number of halogens is 1. The molecule has 0 saturated carbocycles. The lowest BCUT2D eigenvalue weighted by Crippen LogP contribution is -1.80. The summed E-state index contributed by atoms with van der Waals surface area (Å²) >= 11 is 5.89. The second-order valence-electron chi connectivity index (χ2n) is 2.19. The van der Waals surface area contributed by atoms with Gasteiger partial charge in [-0.05, 0) is 12.1 Å². The average Bonchev–Trinajstić information content (AvgIpc) is 2.53. The fourth-order valence-electron chi connectivity index (χ4n) is 0.900. The molecule has 3 nitrogen and oxygen atoms in total. The summed E-state index contributed by atoms with van der Waals surface area (Å²) < 4.78 is 11.6. The lowest BCUT2D eigenvalue weighted by Gasteiger charge is -1.95. The van der Waals surface area contributed by atoms with Gasteiger partial charge in [0.25, 0.3) is 0 Å². The summed E-state index contributed by atoms with van der Waals surface area (Å²) in [6.07, 6.45) is -0.213. The Bertz CT molecular complexity index is 430. The molecule has 0 aliphatic heterocycles. The molecule has 0 saturated heterocycles. The monoisotopic (exact) mass is 181 g/mol. The Morgan fingerprint density at radius 3 is 2.92 bits per heavy atom. The van der Waals surface area contributed by atoms with Crippen LogP contribution in [-0.2, 0) is 0 Å². The van der Waals surface area contributed by atoms with E-state index in [0.717, 1.165) is 0 Å². The van der Waals surface area contributed by atoms with Crippen molar-refractivity contribution in [2.45, 2.75) is 0 Å². The molecule has 0 aliphatic carbocycles. The number of hydrogen-bond donors (Lipinski definition) is 0. The van der Waals surface area contributed by atoms with Gasteiger partial charge in [-0.1, -0.05) is 28.9 Å². The Labute approximate surface area is 75.4 Å². The number of rotatable bonds is 1. The molecule has 2 aromatic rings. The first kappa shape index (κ1) is 6.20. The Morgan fingerprint density at radius 1 is 1.42 bits per heavy atom. The van der Waals surface area contributed by atoms with Gasteiger partial charge in [-0.25, -0.2) is 0 Å². The minimum absolute atomic E-state index is 0.213. The van der Waals surface area contributed by atoms with Gasteiger partial charge >= 0.3 is 0 Å². The van der Waals surface area contributed by atoms with Gasteiger partial charge in [0, 0.05) is 5.56 Å². The van der Waals surface area contributed by atoms with Crippen LogP contribution >= 0.6 is 11.6 Å². The molecule has 0 aliphatic rings. The predicted octanol–water partition coefficient (Wildman–Crippen LogP) is 2.39. The number of benzene rings is 1. The van der Waals surface area contributed by atoms with E-state index in [1.165, 1.54) is 0 Å². The molecule has 1 aromatic carbocycles. The van der Waals surface area contributed by atoms with Gasteiger partial charge in [0.05, 0.1) is 5.02 Å². The average molecular weight is 182 g/mol. The quantitative estimate of drug-likeness (QED) is 0.678. The van der Waals surface area contributed by atoms with E-state index >= 15 is 0 Å². The molecule has 0 unspecified atom stereocenters. The molecule has 1 aromatic heterocycles. The van der Waals surface area contributed by atoms with E-state index in [0.29, 0.717) is 16.4 Å². The van der Waals surface area contributed by atoms with Crippen LogP contribution in [0, 0.1) is 0 Å². The number of hydrogen-bond acceptors (Lipinski definition) is 3. The lowest BCUT2D eigenvalue weighted by molar-refractivity contribution is 0.419. The maximum absolute atomic E-state index is 7.05. The smallest absolute Gasteiger partial charge is 0.214 e. The van der Waals surface area contributed by atoms with Gasteiger partial charge in [0.2, 0.25) is 12.2 Å². The summed E-state index contributed by atoms with van der Waals surface area (Å²) in [5.74, 6) is 0.343. The van der Waals surface area contributed by atoms with E-state index in [1.54, 1.807) is 12.1 Å². The van der Waals surface area contributed by atoms with Crippen LogP contribution < -0.4 is 0 Å². The van der Waals surface area contributed by atoms with Crippen molar-refractivity contribution in [2.75, 3.05) is 0 Å². The molecule has 4 heteroatoms. The van der Waals surface area contributed by atoms with Crippen molar-refractivity contribution in [1.29, 1.82) is 0 Å². The predicted molar refractivity (Wildman–Crippen MR) is 44.7 cm³/mol. The first-order valence-electron chi connectivity index (χ1n) is 3.82. The van der Waals surface area contributed by atoms with Crippen molar-refractivity contribution in [3.05, 3.63) is 35.7 Å². The standard InChI is InChI=1S/C8H5ClN2O/c9-7-4-2-1-3-6(7)8-10-5-12-11-8/h1-5H/i5D. The summed E-state index contributed by atoms with van der Waals surface area (Å²) in [5, 5.41) is 4.13. The van der Waals surface area contributed by atoms with Crippen molar-refractivity contribution >= 4 is 11.6 Å². The molecule has 0 atom stereocenters. The van der Waals surface area contributed by atoms with E-state index in [9.17, 15) is 0 Å². The van der Waals surface area contributed by atoms with Crippen LogP contribution in [0.15, 0.2) is 35.2 Å².